The number of guanidine groups is 1. The minimum atomic E-state index is 0. The lowest BCUT2D eigenvalue weighted by Gasteiger charge is -2.39. The van der Waals surface area contributed by atoms with E-state index in [1.54, 1.807) is 0 Å². The molecule has 0 saturated carbocycles. The molecular weight excluding hydrogens is 353 g/mol. The zero-order valence-electron chi connectivity index (χ0n) is 11.9. The average Bonchev–Trinajstić information content (AvgIpc) is 2.90. The van der Waals surface area contributed by atoms with Gasteiger partial charge in [-0.25, -0.2) is 4.98 Å². The molecule has 108 valence electrons. The summed E-state index contributed by atoms with van der Waals surface area (Å²) < 4.78 is 2.22. The molecule has 19 heavy (non-hydrogen) atoms. The summed E-state index contributed by atoms with van der Waals surface area (Å²) in [4.78, 5) is 10.8. The van der Waals surface area contributed by atoms with E-state index in [9.17, 15) is 0 Å². The minimum absolute atomic E-state index is 0. The standard InChI is InChI=1S/C13H23N5.HI/c1-4-16-13(14-3)17-7-5-11(2)12(9-17)18-8-6-15-10-18;/h6,8,10-12H,4-5,7,9H2,1-3H3,(H,14,16);1H. The second-order valence-corrected chi connectivity index (χ2v) is 4.87. The van der Waals surface area contributed by atoms with Crippen LogP contribution in [0.3, 0.4) is 0 Å². The highest BCUT2D eigenvalue weighted by molar-refractivity contribution is 14.0. The Morgan fingerprint density at radius 3 is 2.89 bits per heavy atom. The van der Waals surface area contributed by atoms with Gasteiger partial charge in [-0.1, -0.05) is 6.92 Å². The topological polar surface area (TPSA) is 45.5 Å². The molecule has 1 aliphatic rings. The van der Waals surface area contributed by atoms with Crippen LogP contribution in [-0.4, -0.2) is 47.1 Å². The van der Waals surface area contributed by atoms with Crippen LogP contribution in [0.25, 0.3) is 0 Å². The van der Waals surface area contributed by atoms with E-state index in [0.29, 0.717) is 12.0 Å². The Hall–Kier alpha value is -0.790. The van der Waals surface area contributed by atoms with Crippen molar-refractivity contribution in [2.75, 3.05) is 26.7 Å². The maximum absolute atomic E-state index is 4.35. The highest BCUT2D eigenvalue weighted by Crippen LogP contribution is 2.27. The molecule has 0 bridgehead atoms. The highest BCUT2D eigenvalue weighted by Gasteiger charge is 2.28. The zero-order valence-corrected chi connectivity index (χ0v) is 14.2. The molecule has 2 unspecified atom stereocenters. The summed E-state index contributed by atoms with van der Waals surface area (Å²) >= 11 is 0. The Kier molecular flexibility index (Phi) is 6.60. The number of imidazole rings is 1. The van der Waals surface area contributed by atoms with Crippen molar-refractivity contribution in [3.63, 3.8) is 0 Å². The smallest absolute Gasteiger partial charge is 0.193 e. The van der Waals surface area contributed by atoms with E-state index in [4.69, 9.17) is 0 Å². The van der Waals surface area contributed by atoms with Gasteiger partial charge in [0, 0.05) is 39.1 Å². The van der Waals surface area contributed by atoms with Crippen molar-refractivity contribution in [3.8, 4) is 0 Å². The molecule has 1 saturated heterocycles. The summed E-state index contributed by atoms with van der Waals surface area (Å²) in [6, 6.07) is 0.483. The molecule has 1 aromatic rings. The third kappa shape index (κ3) is 3.84. The molecule has 6 heteroatoms. The van der Waals surface area contributed by atoms with Gasteiger partial charge >= 0.3 is 0 Å². The van der Waals surface area contributed by atoms with E-state index in [-0.39, 0.29) is 24.0 Å². The van der Waals surface area contributed by atoms with Gasteiger partial charge in [-0.05, 0) is 19.3 Å². The quantitative estimate of drug-likeness (QED) is 0.487. The molecular formula is C13H24IN5. The van der Waals surface area contributed by atoms with Gasteiger partial charge in [0.05, 0.1) is 12.4 Å². The summed E-state index contributed by atoms with van der Waals surface area (Å²) in [5.74, 6) is 1.68. The van der Waals surface area contributed by atoms with Gasteiger partial charge in [-0.3, -0.25) is 4.99 Å². The number of nitrogens with zero attached hydrogens (tertiary/aromatic N) is 4. The molecule has 1 fully saturated rings. The molecule has 2 heterocycles. The first-order valence-electron chi connectivity index (χ1n) is 6.69. The third-order valence-electron chi connectivity index (χ3n) is 3.67. The van der Waals surface area contributed by atoms with E-state index in [0.717, 1.165) is 25.6 Å². The fraction of sp³-hybridized carbons (Fsp3) is 0.692. The van der Waals surface area contributed by atoms with Gasteiger partial charge in [0.1, 0.15) is 0 Å². The van der Waals surface area contributed by atoms with E-state index < -0.39 is 0 Å². The summed E-state index contributed by atoms with van der Waals surface area (Å²) in [6.45, 7) is 7.40. The minimum Gasteiger partial charge on any atom is -0.357 e. The molecule has 0 spiro atoms. The SMILES string of the molecule is CCNC(=NC)N1CCC(C)C(n2ccnc2)C1.I. The molecule has 1 aromatic heterocycles. The number of piperidine rings is 1. The number of hydrogen-bond donors (Lipinski definition) is 1. The van der Waals surface area contributed by atoms with Crippen molar-refractivity contribution in [2.24, 2.45) is 10.9 Å². The Balaban J connectivity index is 0.00000180. The number of likely N-dealkylation sites (tertiary alicyclic amines) is 1. The maximum Gasteiger partial charge on any atom is 0.193 e. The van der Waals surface area contributed by atoms with Crippen LogP contribution in [0.1, 0.15) is 26.3 Å². The van der Waals surface area contributed by atoms with Gasteiger partial charge in [0.15, 0.2) is 5.96 Å². The first-order valence-corrected chi connectivity index (χ1v) is 6.69. The van der Waals surface area contributed by atoms with E-state index in [1.807, 2.05) is 19.6 Å². The fourth-order valence-corrected chi connectivity index (χ4v) is 2.59. The number of aliphatic imine (C=N–C) groups is 1. The number of halogens is 1. The summed E-state index contributed by atoms with van der Waals surface area (Å²) in [5.41, 5.74) is 0. The van der Waals surface area contributed by atoms with Crippen molar-refractivity contribution in [3.05, 3.63) is 18.7 Å². The van der Waals surface area contributed by atoms with E-state index >= 15 is 0 Å². The van der Waals surface area contributed by atoms with Crippen LogP contribution in [-0.2, 0) is 0 Å². The Morgan fingerprint density at radius 1 is 1.53 bits per heavy atom. The van der Waals surface area contributed by atoms with Gasteiger partial charge in [-0.2, -0.15) is 0 Å². The second kappa shape index (κ2) is 7.72. The number of rotatable bonds is 2. The molecule has 5 nitrogen and oxygen atoms in total. The normalized spacial score (nSPS) is 23.9. The van der Waals surface area contributed by atoms with Gasteiger partial charge < -0.3 is 14.8 Å². The van der Waals surface area contributed by atoms with Crippen LogP contribution >= 0.6 is 24.0 Å². The molecule has 0 aliphatic carbocycles. The van der Waals surface area contributed by atoms with E-state index in [2.05, 4.69) is 44.8 Å². The largest absolute Gasteiger partial charge is 0.357 e. The van der Waals surface area contributed by atoms with Crippen molar-refractivity contribution in [1.29, 1.82) is 0 Å². The van der Waals surface area contributed by atoms with Crippen molar-refractivity contribution >= 4 is 29.9 Å². The van der Waals surface area contributed by atoms with Gasteiger partial charge in [0.25, 0.3) is 0 Å². The molecule has 1 aliphatic heterocycles. The Bertz CT molecular complexity index is 390. The summed E-state index contributed by atoms with van der Waals surface area (Å²) in [5, 5.41) is 3.33. The molecule has 2 rings (SSSR count). The van der Waals surface area contributed by atoms with Crippen molar-refractivity contribution < 1.29 is 0 Å². The lowest BCUT2D eigenvalue weighted by Crippen LogP contribution is -2.48. The van der Waals surface area contributed by atoms with Crippen molar-refractivity contribution in [2.45, 2.75) is 26.3 Å². The Labute approximate surface area is 132 Å². The van der Waals surface area contributed by atoms with Gasteiger partial charge in [-0.15, -0.1) is 24.0 Å². The molecule has 0 aromatic carbocycles. The van der Waals surface area contributed by atoms with Crippen LogP contribution < -0.4 is 5.32 Å². The molecule has 2 atom stereocenters. The zero-order chi connectivity index (χ0) is 13.0. The summed E-state index contributed by atoms with van der Waals surface area (Å²) in [7, 11) is 1.85. The number of aromatic nitrogens is 2. The van der Waals surface area contributed by atoms with Crippen LogP contribution in [0.2, 0.25) is 0 Å². The number of nitrogens with one attached hydrogen (secondary N) is 1. The Morgan fingerprint density at radius 2 is 2.32 bits per heavy atom. The van der Waals surface area contributed by atoms with E-state index in [1.165, 1.54) is 6.42 Å². The second-order valence-electron chi connectivity index (χ2n) is 4.87. The highest BCUT2D eigenvalue weighted by atomic mass is 127. The van der Waals surface area contributed by atoms with Crippen LogP contribution in [0.4, 0.5) is 0 Å². The first kappa shape index (κ1) is 16.3. The summed E-state index contributed by atoms with van der Waals surface area (Å²) in [6.07, 6.45) is 7.01. The predicted molar refractivity (Wildman–Crippen MR) is 89.1 cm³/mol. The third-order valence-corrected chi connectivity index (χ3v) is 3.67. The van der Waals surface area contributed by atoms with Crippen LogP contribution in [0, 0.1) is 5.92 Å². The van der Waals surface area contributed by atoms with Crippen molar-refractivity contribution in [1.82, 2.24) is 19.8 Å². The molecule has 1 N–H and O–H groups in total. The lowest BCUT2D eigenvalue weighted by atomic mass is 9.93. The molecule has 0 radical (unpaired) electrons. The molecule has 0 amide bonds. The lowest BCUT2D eigenvalue weighted by molar-refractivity contribution is 0.189. The van der Waals surface area contributed by atoms with Crippen LogP contribution in [0.5, 0.6) is 0 Å². The van der Waals surface area contributed by atoms with Gasteiger partial charge in [0.2, 0.25) is 0 Å². The number of hydrogen-bond acceptors (Lipinski definition) is 2. The first-order chi connectivity index (χ1) is 8.76. The maximum atomic E-state index is 4.35. The fourth-order valence-electron chi connectivity index (χ4n) is 2.59. The predicted octanol–water partition coefficient (Wildman–Crippen LogP) is 1.98. The van der Waals surface area contributed by atoms with Crippen LogP contribution in [0.15, 0.2) is 23.7 Å². The monoisotopic (exact) mass is 377 g/mol. The average molecular weight is 377 g/mol.